The van der Waals surface area contributed by atoms with Crippen LogP contribution >= 0.6 is 15.9 Å². The van der Waals surface area contributed by atoms with Gasteiger partial charge in [0.25, 0.3) is 0 Å². The van der Waals surface area contributed by atoms with Crippen molar-refractivity contribution < 1.29 is 0 Å². The van der Waals surface area contributed by atoms with Crippen LogP contribution in [0.5, 0.6) is 0 Å². The molecule has 0 radical (unpaired) electrons. The highest BCUT2D eigenvalue weighted by atomic mass is 79.9. The number of anilines is 1. The molecule has 0 amide bonds. The third kappa shape index (κ3) is 1.97. The Labute approximate surface area is 113 Å². The van der Waals surface area contributed by atoms with E-state index in [-0.39, 0.29) is 0 Å². The second kappa shape index (κ2) is 4.42. The van der Waals surface area contributed by atoms with Crippen LogP contribution in [-0.4, -0.2) is 21.6 Å². The highest BCUT2D eigenvalue weighted by molar-refractivity contribution is 9.10. The Hall–Kier alpha value is -1.88. The maximum atomic E-state index is 4.51. The summed E-state index contributed by atoms with van der Waals surface area (Å²) in [5.74, 6) is 0.727. The van der Waals surface area contributed by atoms with Gasteiger partial charge in [-0.2, -0.15) is 0 Å². The average molecular weight is 303 g/mol. The average Bonchev–Trinajstić information content (AvgIpc) is 2.81. The predicted molar refractivity (Wildman–Crippen MR) is 75.7 cm³/mol. The molecule has 0 saturated carbocycles. The van der Waals surface area contributed by atoms with E-state index in [2.05, 4.69) is 31.3 Å². The first-order valence-corrected chi connectivity index (χ1v) is 6.36. The number of nitrogens with zero attached hydrogens (tertiary/aromatic N) is 3. The van der Waals surface area contributed by atoms with Crippen LogP contribution in [-0.2, 0) is 0 Å². The van der Waals surface area contributed by atoms with E-state index in [1.165, 1.54) is 0 Å². The fourth-order valence-corrected chi connectivity index (χ4v) is 2.12. The molecule has 3 aromatic rings. The minimum absolute atomic E-state index is 0.727. The van der Waals surface area contributed by atoms with Gasteiger partial charge in [-0.3, -0.25) is 0 Å². The largest absolute Gasteiger partial charge is 0.388 e. The molecule has 0 aliphatic heterocycles. The number of halogens is 1. The molecule has 3 rings (SSSR count). The zero-order chi connectivity index (χ0) is 12.5. The van der Waals surface area contributed by atoms with Crippen molar-refractivity contribution >= 4 is 27.3 Å². The van der Waals surface area contributed by atoms with Crippen LogP contribution in [0, 0.1) is 0 Å². The van der Waals surface area contributed by atoms with Gasteiger partial charge in [-0.1, -0.05) is 28.1 Å². The van der Waals surface area contributed by atoms with Crippen LogP contribution in [0.25, 0.3) is 17.0 Å². The molecule has 0 bridgehead atoms. The molecule has 0 unspecified atom stereocenters. The van der Waals surface area contributed by atoms with Crippen LogP contribution in [0.3, 0.4) is 0 Å². The molecule has 0 saturated heterocycles. The smallest absolute Gasteiger partial charge is 0.182 e. The summed E-state index contributed by atoms with van der Waals surface area (Å²) in [6.07, 6.45) is 1.89. The maximum Gasteiger partial charge on any atom is 0.182 e. The van der Waals surface area contributed by atoms with Crippen molar-refractivity contribution in [3.05, 3.63) is 47.1 Å². The van der Waals surface area contributed by atoms with Crippen molar-refractivity contribution in [1.82, 2.24) is 14.6 Å². The monoisotopic (exact) mass is 302 g/mol. The summed E-state index contributed by atoms with van der Waals surface area (Å²) in [5, 5.41) is 7.57. The third-order valence-corrected chi connectivity index (χ3v) is 3.20. The maximum absolute atomic E-state index is 4.51. The first-order valence-electron chi connectivity index (χ1n) is 5.56. The zero-order valence-electron chi connectivity index (χ0n) is 9.76. The molecule has 1 N–H and O–H groups in total. The number of rotatable bonds is 2. The van der Waals surface area contributed by atoms with Crippen molar-refractivity contribution in [2.24, 2.45) is 0 Å². The molecule has 5 heteroatoms. The van der Waals surface area contributed by atoms with Gasteiger partial charge in [-0.05, 0) is 24.3 Å². The number of fused-ring (bicyclic) bond motifs is 1. The molecule has 0 fully saturated rings. The normalized spacial score (nSPS) is 10.8. The van der Waals surface area contributed by atoms with Gasteiger partial charge >= 0.3 is 0 Å². The van der Waals surface area contributed by atoms with E-state index < -0.39 is 0 Å². The minimum Gasteiger partial charge on any atom is -0.388 e. The number of benzene rings is 1. The van der Waals surface area contributed by atoms with Gasteiger partial charge in [0.15, 0.2) is 11.5 Å². The molecule has 0 spiro atoms. The van der Waals surface area contributed by atoms with E-state index in [9.17, 15) is 0 Å². The number of hydrogen-bond donors (Lipinski definition) is 1. The molecule has 18 heavy (non-hydrogen) atoms. The number of pyridine rings is 1. The first kappa shape index (κ1) is 11.2. The number of aromatic nitrogens is 3. The summed E-state index contributed by atoms with van der Waals surface area (Å²) in [6, 6.07) is 11.9. The highest BCUT2D eigenvalue weighted by Gasteiger charge is 2.06. The topological polar surface area (TPSA) is 42.2 Å². The summed E-state index contributed by atoms with van der Waals surface area (Å²) in [7, 11) is 1.90. The Balaban J connectivity index is 2.13. The Bertz CT molecular complexity index is 705. The fraction of sp³-hybridized carbons (Fsp3) is 0.0769. The summed E-state index contributed by atoms with van der Waals surface area (Å²) < 4.78 is 2.77. The predicted octanol–water partition coefficient (Wildman–Crippen LogP) is 3.20. The zero-order valence-corrected chi connectivity index (χ0v) is 11.3. The van der Waals surface area contributed by atoms with Crippen LogP contribution in [0.4, 0.5) is 5.69 Å². The Morgan fingerprint density at radius 1 is 1.22 bits per heavy atom. The van der Waals surface area contributed by atoms with E-state index >= 15 is 0 Å². The third-order valence-electron chi connectivity index (χ3n) is 2.71. The quantitative estimate of drug-likeness (QED) is 0.790. The first-order chi connectivity index (χ1) is 8.76. The standard InChI is InChI=1S/C13H11BrN4/c1-15-11-4-2-3-9(7-11)13-16-12-8-10(14)5-6-18(12)17-13/h2-8,15H,1H3. The molecular weight excluding hydrogens is 292 g/mol. The second-order valence-corrected chi connectivity index (χ2v) is 4.83. The molecule has 2 heterocycles. The van der Waals surface area contributed by atoms with Gasteiger partial charge in [-0.25, -0.2) is 9.50 Å². The van der Waals surface area contributed by atoms with Gasteiger partial charge in [-0.15, -0.1) is 5.10 Å². The summed E-state index contributed by atoms with van der Waals surface area (Å²) in [6.45, 7) is 0. The Kier molecular flexibility index (Phi) is 2.76. The Morgan fingerprint density at radius 2 is 2.11 bits per heavy atom. The molecule has 2 aromatic heterocycles. The van der Waals surface area contributed by atoms with Crippen molar-refractivity contribution in [2.75, 3.05) is 12.4 Å². The lowest BCUT2D eigenvalue weighted by atomic mass is 10.2. The lowest BCUT2D eigenvalue weighted by Crippen LogP contribution is -1.89. The second-order valence-electron chi connectivity index (χ2n) is 3.91. The van der Waals surface area contributed by atoms with Crippen molar-refractivity contribution in [3.63, 3.8) is 0 Å². The van der Waals surface area contributed by atoms with E-state index in [4.69, 9.17) is 0 Å². The minimum atomic E-state index is 0.727. The highest BCUT2D eigenvalue weighted by Crippen LogP contribution is 2.21. The van der Waals surface area contributed by atoms with Crippen LogP contribution < -0.4 is 5.32 Å². The van der Waals surface area contributed by atoms with Crippen LogP contribution in [0.2, 0.25) is 0 Å². The summed E-state index contributed by atoms with van der Waals surface area (Å²) >= 11 is 3.43. The van der Waals surface area contributed by atoms with Gasteiger partial charge in [0, 0.05) is 29.0 Å². The molecule has 0 aliphatic carbocycles. The van der Waals surface area contributed by atoms with Gasteiger partial charge in [0.2, 0.25) is 0 Å². The Morgan fingerprint density at radius 3 is 2.94 bits per heavy atom. The van der Waals surface area contributed by atoms with E-state index in [0.717, 1.165) is 27.2 Å². The summed E-state index contributed by atoms with van der Waals surface area (Å²) in [4.78, 5) is 4.51. The SMILES string of the molecule is CNc1cccc(-c2nc3cc(Br)ccn3n2)c1. The van der Waals surface area contributed by atoms with E-state index in [1.807, 2.05) is 49.6 Å². The van der Waals surface area contributed by atoms with Crippen LogP contribution in [0.15, 0.2) is 47.1 Å². The van der Waals surface area contributed by atoms with E-state index in [1.54, 1.807) is 4.52 Å². The fourth-order valence-electron chi connectivity index (χ4n) is 1.79. The number of hydrogen-bond acceptors (Lipinski definition) is 3. The molecule has 4 nitrogen and oxygen atoms in total. The lowest BCUT2D eigenvalue weighted by Gasteiger charge is -2.00. The molecule has 90 valence electrons. The van der Waals surface area contributed by atoms with E-state index in [0.29, 0.717) is 0 Å². The van der Waals surface area contributed by atoms with Gasteiger partial charge in [0.05, 0.1) is 0 Å². The van der Waals surface area contributed by atoms with Gasteiger partial charge in [0.1, 0.15) is 0 Å². The summed E-state index contributed by atoms with van der Waals surface area (Å²) in [5.41, 5.74) is 2.88. The van der Waals surface area contributed by atoms with Crippen LogP contribution in [0.1, 0.15) is 0 Å². The molecular formula is C13H11BrN4. The molecule has 0 aliphatic rings. The van der Waals surface area contributed by atoms with Crippen molar-refractivity contribution in [1.29, 1.82) is 0 Å². The number of nitrogens with one attached hydrogen (secondary N) is 1. The van der Waals surface area contributed by atoms with Crippen molar-refractivity contribution in [2.45, 2.75) is 0 Å². The van der Waals surface area contributed by atoms with Gasteiger partial charge < -0.3 is 5.32 Å². The molecule has 1 aromatic carbocycles. The van der Waals surface area contributed by atoms with Crippen molar-refractivity contribution in [3.8, 4) is 11.4 Å². The lowest BCUT2D eigenvalue weighted by molar-refractivity contribution is 0.964. The molecule has 0 atom stereocenters.